The number of aromatic nitrogens is 3. The summed E-state index contributed by atoms with van der Waals surface area (Å²) in [6.07, 6.45) is 5.78. The Balaban J connectivity index is 1.56. The van der Waals surface area contributed by atoms with Crippen LogP contribution in [-0.2, 0) is 25.9 Å². The van der Waals surface area contributed by atoms with Crippen LogP contribution in [0.4, 0.5) is 5.82 Å². The second kappa shape index (κ2) is 8.80. The maximum Gasteiger partial charge on any atom is 0.265 e. The molecular formula is C21H26N4O5S2. The highest BCUT2D eigenvalue weighted by Crippen LogP contribution is 2.32. The van der Waals surface area contributed by atoms with Crippen molar-refractivity contribution in [3.8, 4) is 0 Å². The Bertz CT molecular complexity index is 1300. The van der Waals surface area contributed by atoms with E-state index in [1.807, 2.05) is 18.0 Å². The van der Waals surface area contributed by atoms with E-state index in [-0.39, 0.29) is 23.5 Å². The molecule has 0 radical (unpaired) electrons. The zero-order valence-corrected chi connectivity index (χ0v) is 19.3. The van der Waals surface area contributed by atoms with E-state index in [0.29, 0.717) is 35.3 Å². The van der Waals surface area contributed by atoms with Gasteiger partial charge in [-0.1, -0.05) is 30.3 Å². The average Bonchev–Trinajstić information content (AvgIpc) is 3.18. The first-order valence-electron chi connectivity index (χ1n) is 10.4. The van der Waals surface area contributed by atoms with Gasteiger partial charge in [0.2, 0.25) is 10.0 Å². The van der Waals surface area contributed by atoms with E-state index in [2.05, 4.69) is 9.97 Å². The lowest BCUT2D eigenvalue weighted by Crippen LogP contribution is -2.37. The quantitative estimate of drug-likeness (QED) is 0.514. The molecule has 11 heteroatoms. The standard InChI is InChI=1S/C21H26N4O5S2/c1-24(18-9-7-17(8-10-18)14-32(28,29)30)20-19-11-12-25(21(19)23-15-22-20)31(26,27)13-16-5-3-2-4-6-16/h2-6,11-12,15,17-18H,7-10,13-14H2,1H3,(H,28,29,30). The van der Waals surface area contributed by atoms with Gasteiger partial charge in [0.1, 0.15) is 12.1 Å². The van der Waals surface area contributed by atoms with Gasteiger partial charge in [-0.05, 0) is 43.2 Å². The van der Waals surface area contributed by atoms with E-state index in [0.717, 1.165) is 12.8 Å². The predicted molar refractivity (Wildman–Crippen MR) is 123 cm³/mol. The van der Waals surface area contributed by atoms with Gasteiger partial charge in [-0.25, -0.2) is 22.4 Å². The predicted octanol–water partition coefficient (Wildman–Crippen LogP) is 2.69. The Labute approximate surface area is 187 Å². The number of fused-ring (bicyclic) bond motifs is 1. The summed E-state index contributed by atoms with van der Waals surface area (Å²) in [6.45, 7) is 0. The minimum absolute atomic E-state index is 0.0516. The number of hydrogen-bond acceptors (Lipinski definition) is 7. The molecule has 0 amide bonds. The fourth-order valence-electron chi connectivity index (χ4n) is 4.44. The van der Waals surface area contributed by atoms with Crippen molar-refractivity contribution in [1.29, 1.82) is 0 Å². The van der Waals surface area contributed by atoms with Crippen LogP contribution in [0.25, 0.3) is 11.0 Å². The highest BCUT2D eigenvalue weighted by atomic mass is 32.2. The third-order valence-electron chi connectivity index (χ3n) is 6.06. The maximum absolute atomic E-state index is 13.0. The van der Waals surface area contributed by atoms with E-state index in [4.69, 9.17) is 4.55 Å². The molecule has 3 aromatic rings. The molecule has 172 valence electrons. The molecule has 2 heterocycles. The third kappa shape index (κ3) is 4.94. The molecule has 1 aliphatic carbocycles. The van der Waals surface area contributed by atoms with Gasteiger partial charge in [0.25, 0.3) is 10.1 Å². The van der Waals surface area contributed by atoms with Crippen molar-refractivity contribution in [3.05, 3.63) is 54.5 Å². The number of hydrogen-bond donors (Lipinski definition) is 1. The summed E-state index contributed by atoms with van der Waals surface area (Å²) in [5.74, 6) is 0.250. The van der Waals surface area contributed by atoms with E-state index < -0.39 is 20.1 Å². The minimum atomic E-state index is -3.97. The second-order valence-corrected chi connectivity index (χ2v) is 11.7. The molecule has 0 bridgehead atoms. The van der Waals surface area contributed by atoms with E-state index in [1.165, 1.54) is 16.5 Å². The monoisotopic (exact) mass is 478 g/mol. The van der Waals surface area contributed by atoms with Gasteiger partial charge in [-0.2, -0.15) is 8.42 Å². The SMILES string of the molecule is CN(c1ncnc2c1ccn2S(=O)(=O)Cc1ccccc1)C1CCC(CS(=O)(=O)O)CC1. The van der Waals surface area contributed by atoms with E-state index in [9.17, 15) is 16.8 Å². The summed E-state index contributed by atoms with van der Waals surface area (Å²) in [7, 11) is -5.72. The molecule has 2 aromatic heterocycles. The van der Waals surface area contributed by atoms with Crippen molar-refractivity contribution < 1.29 is 21.4 Å². The number of benzene rings is 1. The normalized spacial score (nSPS) is 19.8. The summed E-state index contributed by atoms with van der Waals surface area (Å²) in [4.78, 5) is 10.7. The number of rotatable bonds is 7. The van der Waals surface area contributed by atoms with Crippen LogP contribution in [-0.4, -0.2) is 54.2 Å². The molecule has 0 spiro atoms. The fourth-order valence-corrected chi connectivity index (χ4v) is 6.78. The second-order valence-electron chi connectivity index (χ2n) is 8.32. The van der Waals surface area contributed by atoms with Gasteiger partial charge < -0.3 is 4.90 Å². The molecule has 1 fully saturated rings. The Morgan fingerprint density at radius 3 is 2.38 bits per heavy atom. The van der Waals surface area contributed by atoms with Crippen molar-refractivity contribution in [3.63, 3.8) is 0 Å². The Morgan fingerprint density at radius 2 is 1.72 bits per heavy atom. The molecule has 0 saturated heterocycles. The van der Waals surface area contributed by atoms with Crippen molar-refractivity contribution in [2.24, 2.45) is 5.92 Å². The van der Waals surface area contributed by atoms with E-state index in [1.54, 1.807) is 30.3 Å². The van der Waals surface area contributed by atoms with Crippen molar-refractivity contribution >= 4 is 37.0 Å². The molecule has 0 unspecified atom stereocenters. The first-order chi connectivity index (χ1) is 15.1. The summed E-state index contributed by atoms with van der Waals surface area (Å²) < 4.78 is 58.7. The Morgan fingerprint density at radius 1 is 1.03 bits per heavy atom. The highest BCUT2D eigenvalue weighted by molar-refractivity contribution is 7.89. The van der Waals surface area contributed by atoms with Crippen LogP contribution in [0.3, 0.4) is 0 Å². The van der Waals surface area contributed by atoms with Gasteiger partial charge in [0, 0.05) is 19.3 Å². The topological polar surface area (TPSA) is 122 Å². The molecule has 4 rings (SSSR count). The van der Waals surface area contributed by atoms with Crippen LogP contribution < -0.4 is 4.90 Å². The summed E-state index contributed by atoms with van der Waals surface area (Å²) in [6, 6.07) is 10.8. The number of anilines is 1. The molecule has 0 atom stereocenters. The number of nitrogens with zero attached hydrogens (tertiary/aromatic N) is 4. The summed E-state index contributed by atoms with van der Waals surface area (Å²) in [5.41, 5.74) is 1.03. The smallest absolute Gasteiger partial charge is 0.265 e. The Hall–Kier alpha value is -2.50. The largest absolute Gasteiger partial charge is 0.356 e. The first-order valence-corrected chi connectivity index (χ1v) is 13.6. The van der Waals surface area contributed by atoms with Crippen LogP contribution in [0.2, 0.25) is 0 Å². The molecule has 1 saturated carbocycles. The zero-order valence-electron chi connectivity index (χ0n) is 17.7. The maximum atomic E-state index is 13.0. The lowest BCUT2D eigenvalue weighted by atomic mass is 9.86. The lowest BCUT2D eigenvalue weighted by molar-refractivity contribution is 0.335. The van der Waals surface area contributed by atoms with Crippen LogP contribution in [0.5, 0.6) is 0 Å². The lowest BCUT2D eigenvalue weighted by Gasteiger charge is -2.35. The van der Waals surface area contributed by atoms with Crippen molar-refractivity contribution in [2.75, 3.05) is 17.7 Å². The Kier molecular flexibility index (Phi) is 6.24. The van der Waals surface area contributed by atoms with Crippen LogP contribution in [0, 0.1) is 5.92 Å². The minimum Gasteiger partial charge on any atom is -0.356 e. The molecule has 0 aliphatic heterocycles. The van der Waals surface area contributed by atoms with E-state index >= 15 is 0 Å². The summed E-state index contributed by atoms with van der Waals surface area (Å²) in [5, 5.41) is 0.645. The van der Waals surface area contributed by atoms with Crippen molar-refractivity contribution in [2.45, 2.75) is 37.5 Å². The molecule has 9 nitrogen and oxygen atoms in total. The molecule has 1 aromatic carbocycles. The van der Waals surface area contributed by atoms with Crippen LogP contribution >= 0.6 is 0 Å². The van der Waals surface area contributed by atoms with Crippen LogP contribution in [0.15, 0.2) is 48.9 Å². The molecule has 32 heavy (non-hydrogen) atoms. The highest BCUT2D eigenvalue weighted by Gasteiger charge is 2.29. The third-order valence-corrected chi connectivity index (χ3v) is 8.55. The van der Waals surface area contributed by atoms with Crippen molar-refractivity contribution in [1.82, 2.24) is 13.9 Å². The zero-order chi connectivity index (χ0) is 22.9. The molecule has 1 aliphatic rings. The van der Waals surface area contributed by atoms with Gasteiger partial charge in [-0.3, -0.25) is 4.55 Å². The van der Waals surface area contributed by atoms with Gasteiger partial charge in [0.15, 0.2) is 5.65 Å². The molecule has 1 N–H and O–H groups in total. The van der Waals surface area contributed by atoms with Gasteiger partial charge in [0.05, 0.1) is 16.9 Å². The summed E-state index contributed by atoms with van der Waals surface area (Å²) >= 11 is 0. The van der Waals surface area contributed by atoms with Gasteiger partial charge >= 0.3 is 0 Å². The average molecular weight is 479 g/mol. The van der Waals surface area contributed by atoms with Crippen LogP contribution in [0.1, 0.15) is 31.2 Å². The van der Waals surface area contributed by atoms with Gasteiger partial charge in [-0.15, -0.1) is 0 Å². The molecular weight excluding hydrogens is 452 g/mol. The fraction of sp³-hybridized carbons (Fsp3) is 0.429. The first kappa shape index (κ1) is 22.7.